The van der Waals surface area contributed by atoms with Crippen LogP contribution in [0.25, 0.3) is 0 Å². The average Bonchev–Trinajstić information content (AvgIpc) is 2.29. The molecule has 1 aromatic rings. The Morgan fingerprint density at radius 3 is 2.50 bits per heavy atom. The molecule has 0 saturated heterocycles. The predicted molar refractivity (Wildman–Crippen MR) is 63.4 cm³/mol. The maximum atomic E-state index is 11.8. The second-order valence-electron chi connectivity index (χ2n) is 3.80. The van der Waals surface area contributed by atoms with Crippen molar-refractivity contribution in [3.63, 3.8) is 0 Å². The highest BCUT2D eigenvalue weighted by Gasteiger charge is 2.32. The van der Waals surface area contributed by atoms with Gasteiger partial charge in [0, 0.05) is 12.5 Å². The lowest BCUT2D eigenvalue weighted by Crippen LogP contribution is -2.22. The van der Waals surface area contributed by atoms with Gasteiger partial charge in [-0.05, 0) is 6.42 Å². The molecule has 1 unspecified atom stereocenters. The molecule has 1 atom stereocenters. The summed E-state index contributed by atoms with van der Waals surface area (Å²) in [6, 6.07) is 5.43. The lowest BCUT2D eigenvalue weighted by atomic mass is 9.91. The van der Waals surface area contributed by atoms with Gasteiger partial charge in [0.25, 0.3) is 5.69 Å². The molecule has 0 saturated carbocycles. The molecule has 0 bridgehead atoms. The number of nitrogens with zero attached hydrogens (tertiary/aromatic N) is 1. The third kappa shape index (κ3) is 2.91. The minimum Gasteiger partial charge on any atom is -0.480 e. The molecule has 18 heavy (non-hydrogen) atoms. The molecule has 0 aromatic heterocycles. The standard InChI is InChI=1S/C12H13NO5/c1-2-5-10(14)11(12(15)16)8-6-3-4-7-9(8)13(17)18/h3-4,6-7,11H,2,5H2,1H3,(H,15,16). The third-order valence-corrected chi connectivity index (χ3v) is 2.51. The first kappa shape index (κ1) is 13.8. The molecular formula is C12H13NO5. The quantitative estimate of drug-likeness (QED) is 0.474. The Morgan fingerprint density at radius 2 is 2.00 bits per heavy atom. The van der Waals surface area contributed by atoms with Crippen LogP contribution in [-0.4, -0.2) is 21.8 Å². The second-order valence-corrected chi connectivity index (χ2v) is 3.80. The van der Waals surface area contributed by atoms with E-state index < -0.39 is 22.6 Å². The number of carboxylic acid groups (broad SMARTS) is 1. The average molecular weight is 251 g/mol. The second kappa shape index (κ2) is 5.90. The number of nitro groups is 1. The van der Waals surface area contributed by atoms with Crippen LogP contribution in [0.2, 0.25) is 0 Å². The number of hydrogen-bond donors (Lipinski definition) is 1. The smallest absolute Gasteiger partial charge is 0.318 e. The van der Waals surface area contributed by atoms with Crippen LogP contribution in [0.5, 0.6) is 0 Å². The van der Waals surface area contributed by atoms with E-state index in [1.165, 1.54) is 24.3 Å². The molecule has 0 aliphatic heterocycles. The van der Waals surface area contributed by atoms with Gasteiger partial charge in [-0.1, -0.05) is 25.1 Å². The Hall–Kier alpha value is -2.24. The number of ketones is 1. The van der Waals surface area contributed by atoms with Gasteiger partial charge in [0.1, 0.15) is 5.92 Å². The van der Waals surface area contributed by atoms with Crippen LogP contribution in [0, 0.1) is 10.1 Å². The first-order chi connectivity index (χ1) is 8.49. The molecule has 0 spiro atoms. The van der Waals surface area contributed by atoms with Crippen molar-refractivity contribution < 1.29 is 19.6 Å². The molecule has 0 aliphatic rings. The third-order valence-electron chi connectivity index (χ3n) is 2.51. The summed E-state index contributed by atoms with van der Waals surface area (Å²) >= 11 is 0. The fraction of sp³-hybridized carbons (Fsp3) is 0.333. The van der Waals surface area contributed by atoms with Gasteiger partial charge in [-0.15, -0.1) is 0 Å². The molecule has 0 aliphatic carbocycles. The molecule has 1 aromatic carbocycles. The summed E-state index contributed by atoms with van der Waals surface area (Å²) in [4.78, 5) is 33.1. The highest BCUT2D eigenvalue weighted by Crippen LogP contribution is 2.28. The lowest BCUT2D eigenvalue weighted by Gasteiger charge is -2.11. The largest absolute Gasteiger partial charge is 0.480 e. The maximum absolute atomic E-state index is 11.8. The summed E-state index contributed by atoms with van der Waals surface area (Å²) in [5.41, 5.74) is -0.400. The first-order valence-corrected chi connectivity index (χ1v) is 5.47. The normalized spacial score (nSPS) is 11.8. The monoisotopic (exact) mass is 251 g/mol. The van der Waals surface area contributed by atoms with E-state index in [0.717, 1.165) is 0 Å². The van der Waals surface area contributed by atoms with Gasteiger partial charge < -0.3 is 5.11 Å². The van der Waals surface area contributed by atoms with Gasteiger partial charge in [-0.3, -0.25) is 19.7 Å². The van der Waals surface area contributed by atoms with E-state index in [9.17, 15) is 19.7 Å². The van der Waals surface area contributed by atoms with Crippen molar-refractivity contribution in [2.75, 3.05) is 0 Å². The molecule has 6 nitrogen and oxygen atoms in total. The Bertz CT molecular complexity index is 483. The number of benzene rings is 1. The molecule has 6 heteroatoms. The topological polar surface area (TPSA) is 97.5 Å². The predicted octanol–water partition coefficient (Wildman–Crippen LogP) is 2.13. The fourth-order valence-electron chi connectivity index (χ4n) is 1.73. The Kier molecular flexibility index (Phi) is 4.53. The van der Waals surface area contributed by atoms with Gasteiger partial charge in [0.2, 0.25) is 0 Å². The number of Topliss-reactive ketones (excluding diaryl/α,β-unsaturated/α-hetero) is 1. The number of carboxylic acids is 1. The summed E-state index contributed by atoms with van der Waals surface area (Å²) in [6.45, 7) is 1.75. The summed E-state index contributed by atoms with van der Waals surface area (Å²) in [5, 5.41) is 19.9. The van der Waals surface area contributed by atoms with Crippen LogP contribution in [0.3, 0.4) is 0 Å². The van der Waals surface area contributed by atoms with Gasteiger partial charge in [-0.25, -0.2) is 0 Å². The van der Waals surface area contributed by atoms with Crippen LogP contribution in [-0.2, 0) is 9.59 Å². The van der Waals surface area contributed by atoms with Crippen LogP contribution < -0.4 is 0 Å². The summed E-state index contributed by atoms with van der Waals surface area (Å²) in [5.74, 6) is -3.34. The van der Waals surface area contributed by atoms with E-state index in [1.807, 2.05) is 0 Å². The summed E-state index contributed by atoms with van der Waals surface area (Å²) in [7, 11) is 0. The molecule has 0 heterocycles. The molecule has 96 valence electrons. The Morgan fingerprint density at radius 1 is 1.39 bits per heavy atom. The van der Waals surface area contributed by atoms with E-state index in [0.29, 0.717) is 6.42 Å². The van der Waals surface area contributed by atoms with Gasteiger partial charge in [0.15, 0.2) is 5.78 Å². The van der Waals surface area contributed by atoms with Crippen molar-refractivity contribution in [2.45, 2.75) is 25.7 Å². The minimum atomic E-state index is -1.47. The zero-order chi connectivity index (χ0) is 13.7. The highest BCUT2D eigenvalue weighted by molar-refractivity contribution is 6.04. The minimum absolute atomic E-state index is 0.0616. The van der Waals surface area contributed by atoms with Crippen LogP contribution >= 0.6 is 0 Å². The van der Waals surface area contributed by atoms with E-state index in [1.54, 1.807) is 6.92 Å². The van der Waals surface area contributed by atoms with Crippen molar-refractivity contribution in [1.29, 1.82) is 0 Å². The van der Waals surface area contributed by atoms with E-state index in [-0.39, 0.29) is 17.7 Å². The molecular weight excluding hydrogens is 238 g/mol. The van der Waals surface area contributed by atoms with Crippen LogP contribution in [0.15, 0.2) is 24.3 Å². The van der Waals surface area contributed by atoms with Crippen molar-refractivity contribution in [3.8, 4) is 0 Å². The van der Waals surface area contributed by atoms with E-state index in [4.69, 9.17) is 5.11 Å². The number of hydrogen-bond acceptors (Lipinski definition) is 4. The van der Waals surface area contributed by atoms with Crippen LogP contribution in [0.1, 0.15) is 31.2 Å². The summed E-state index contributed by atoms with van der Waals surface area (Å²) < 4.78 is 0. The zero-order valence-corrected chi connectivity index (χ0v) is 9.83. The number of rotatable bonds is 6. The van der Waals surface area contributed by atoms with Crippen molar-refractivity contribution in [3.05, 3.63) is 39.9 Å². The maximum Gasteiger partial charge on any atom is 0.318 e. The summed E-state index contributed by atoms with van der Waals surface area (Å²) in [6.07, 6.45) is 0.590. The van der Waals surface area contributed by atoms with E-state index in [2.05, 4.69) is 0 Å². The number of aliphatic carboxylic acids is 1. The number of carbonyl (C=O) groups excluding carboxylic acids is 1. The lowest BCUT2D eigenvalue weighted by molar-refractivity contribution is -0.385. The number of para-hydroxylation sites is 1. The van der Waals surface area contributed by atoms with Gasteiger partial charge in [0.05, 0.1) is 10.5 Å². The molecule has 1 N–H and O–H groups in total. The van der Waals surface area contributed by atoms with Gasteiger partial charge >= 0.3 is 5.97 Å². The molecule has 0 radical (unpaired) electrons. The van der Waals surface area contributed by atoms with Crippen molar-refractivity contribution >= 4 is 17.4 Å². The SMILES string of the molecule is CCCC(=O)C(C(=O)O)c1ccccc1[N+](=O)[O-]. The first-order valence-electron chi connectivity index (χ1n) is 5.47. The molecule has 0 amide bonds. The molecule has 1 rings (SSSR count). The van der Waals surface area contributed by atoms with Crippen molar-refractivity contribution in [2.24, 2.45) is 0 Å². The molecule has 0 fully saturated rings. The van der Waals surface area contributed by atoms with E-state index >= 15 is 0 Å². The highest BCUT2D eigenvalue weighted by atomic mass is 16.6. The van der Waals surface area contributed by atoms with Crippen LogP contribution in [0.4, 0.5) is 5.69 Å². The fourth-order valence-corrected chi connectivity index (χ4v) is 1.73. The van der Waals surface area contributed by atoms with Gasteiger partial charge in [-0.2, -0.15) is 0 Å². The zero-order valence-electron chi connectivity index (χ0n) is 9.83. The Labute approximate surface area is 103 Å². The number of carbonyl (C=O) groups is 2. The Balaban J connectivity index is 3.26. The van der Waals surface area contributed by atoms with Crippen molar-refractivity contribution in [1.82, 2.24) is 0 Å². The number of nitro benzene ring substituents is 1.